The average Bonchev–Trinajstić information content (AvgIpc) is 2.02. The molecule has 0 aromatic heterocycles. The van der Waals surface area contributed by atoms with Crippen LogP contribution in [0.25, 0.3) is 0 Å². The molecule has 1 aliphatic rings. The van der Waals surface area contributed by atoms with Crippen molar-refractivity contribution >= 4 is 9.84 Å². The Morgan fingerprint density at radius 3 is 2.58 bits per heavy atom. The van der Waals surface area contributed by atoms with Crippen molar-refractivity contribution in [1.29, 1.82) is 0 Å². The molecule has 5 heteroatoms. The number of nitrogens with two attached hydrogens (primary N) is 1. The highest BCUT2D eigenvalue weighted by molar-refractivity contribution is 7.92. The Labute approximate surface area is 72.7 Å². The Morgan fingerprint density at radius 1 is 1.67 bits per heavy atom. The first kappa shape index (κ1) is 9.95. The van der Waals surface area contributed by atoms with Crippen LogP contribution < -0.4 is 5.73 Å². The van der Waals surface area contributed by atoms with E-state index < -0.39 is 20.7 Å². The third kappa shape index (κ3) is 1.78. The predicted octanol–water partition coefficient (Wildman–Crippen LogP) is -0.727. The van der Waals surface area contributed by atoms with Crippen LogP contribution in [0.2, 0.25) is 0 Å². The SMILES string of the molecule is CC1CC(O)(CCN)CS1(=O)=O. The van der Waals surface area contributed by atoms with Crippen molar-refractivity contribution < 1.29 is 13.5 Å². The maximum Gasteiger partial charge on any atom is 0.155 e. The molecule has 1 saturated heterocycles. The monoisotopic (exact) mass is 193 g/mol. The highest BCUT2D eigenvalue weighted by Crippen LogP contribution is 2.31. The number of sulfone groups is 1. The molecule has 2 atom stereocenters. The summed E-state index contributed by atoms with van der Waals surface area (Å²) in [6.07, 6.45) is 0.698. The van der Waals surface area contributed by atoms with Crippen molar-refractivity contribution in [3.05, 3.63) is 0 Å². The third-order valence-corrected chi connectivity index (χ3v) is 4.69. The standard InChI is InChI=1S/C7H15NO3S/c1-6-4-7(9,2-3-8)5-12(6,10)11/h6,9H,2-5,8H2,1H3. The van der Waals surface area contributed by atoms with E-state index in [9.17, 15) is 13.5 Å². The lowest BCUT2D eigenvalue weighted by Gasteiger charge is -2.19. The largest absolute Gasteiger partial charge is 0.389 e. The molecule has 0 bridgehead atoms. The average molecular weight is 193 g/mol. The van der Waals surface area contributed by atoms with Crippen LogP contribution >= 0.6 is 0 Å². The van der Waals surface area contributed by atoms with E-state index in [0.717, 1.165) is 0 Å². The quantitative estimate of drug-likeness (QED) is 0.606. The zero-order valence-corrected chi connectivity index (χ0v) is 7.97. The first-order valence-electron chi connectivity index (χ1n) is 4.04. The van der Waals surface area contributed by atoms with Gasteiger partial charge in [-0.2, -0.15) is 0 Å². The Kier molecular flexibility index (Phi) is 2.47. The molecule has 3 N–H and O–H groups in total. The van der Waals surface area contributed by atoms with Gasteiger partial charge in [-0.3, -0.25) is 0 Å². The molecular formula is C7H15NO3S. The molecule has 4 nitrogen and oxygen atoms in total. The smallest absolute Gasteiger partial charge is 0.155 e. The fourth-order valence-electron chi connectivity index (χ4n) is 1.68. The summed E-state index contributed by atoms with van der Waals surface area (Å²) in [5, 5.41) is 9.32. The summed E-state index contributed by atoms with van der Waals surface area (Å²) in [6.45, 7) is 1.96. The van der Waals surface area contributed by atoms with Gasteiger partial charge in [-0.1, -0.05) is 0 Å². The van der Waals surface area contributed by atoms with Gasteiger partial charge in [0.2, 0.25) is 0 Å². The molecule has 2 unspecified atom stereocenters. The van der Waals surface area contributed by atoms with Gasteiger partial charge in [0, 0.05) is 0 Å². The molecule has 1 heterocycles. The van der Waals surface area contributed by atoms with Crippen LogP contribution in [0.4, 0.5) is 0 Å². The summed E-state index contributed by atoms with van der Waals surface area (Å²) in [5.41, 5.74) is 4.21. The van der Waals surface area contributed by atoms with Crippen molar-refractivity contribution in [2.45, 2.75) is 30.6 Å². The number of hydrogen-bond acceptors (Lipinski definition) is 4. The molecule has 0 aromatic carbocycles. The molecule has 1 rings (SSSR count). The maximum absolute atomic E-state index is 11.3. The first-order valence-corrected chi connectivity index (χ1v) is 5.75. The minimum absolute atomic E-state index is 0.127. The molecule has 1 fully saturated rings. The lowest BCUT2D eigenvalue weighted by molar-refractivity contribution is 0.0570. The fraction of sp³-hybridized carbons (Fsp3) is 1.00. The van der Waals surface area contributed by atoms with Gasteiger partial charge in [0.25, 0.3) is 0 Å². The molecule has 0 saturated carbocycles. The van der Waals surface area contributed by atoms with E-state index >= 15 is 0 Å². The minimum Gasteiger partial charge on any atom is -0.389 e. The minimum atomic E-state index is -3.06. The van der Waals surface area contributed by atoms with Crippen molar-refractivity contribution in [3.63, 3.8) is 0 Å². The highest BCUT2D eigenvalue weighted by Gasteiger charge is 2.44. The Hall–Kier alpha value is -0.130. The van der Waals surface area contributed by atoms with Gasteiger partial charge < -0.3 is 10.8 Å². The molecule has 0 amide bonds. The summed E-state index contributed by atoms with van der Waals surface area (Å²) in [4.78, 5) is 0. The molecule has 12 heavy (non-hydrogen) atoms. The van der Waals surface area contributed by atoms with Gasteiger partial charge in [-0.25, -0.2) is 8.42 Å². The van der Waals surface area contributed by atoms with Crippen LogP contribution in [-0.4, -0.2) is 36.7 Å². The second-order valence-electron chi connectivity index (χ2n) is 3.58. The van der Waals surface area contributed by atoms with Crippen LogP contribution in [0.3, 0.4) is 0 Å². The summed E-state index contributed by atoms with van der Waals surface area (Å²) in [6, 6.07) is 0. The second-order valence-corrected chi connectivity index (χ2v) is 6.00. The zero-order valence-electron chi connectivity index (χ0n) is 7.16. The van der Waals surface area contributed by atoms with Crippen LogP contribution in [-0.2, 0) is 9.84 Å². The van der Waals surface area contributed by atoms with Crippen molar-refractivity contribution in [2.24, 2.45) is 5.73 Å². The Bertz CT molecular complexity index is 262. The number of aliphatic hydroxyl groups is 1. The summed E-state index contributed by atoms with van der Waals surface area (Å²) in [5.74, 6) is -0.127. The van der Waals surface area contributed by atoms with Crippen LogP contribution in [0.15, 0.2) is 0 Å². The highest BCUT2D eigenvalue weighted by atomic mass is 32.2. The van der Waals surface area contributed by atoms with E-state index in [-0.39, 0.29) is 5.75 Å². The normalized spacial score (nSPS) is 40.1. The van der Waals surface area contributed by atoms with Crippen molar-refractivity contribution in [2.75, 3.05) is 12.3 Å². The van der Waals surface area contributed by atoms with Gasteiger partial charge in [0.05, 0.1) is 16.6 Å². The lowest BCUT2D eigenvalue weighted by atomic mass is 9.97. The summed E-state index contributed by atoms with van der Waals surface area (Å²) < 4.78 is 22.5. The topological polar surface area (TPSA) is 80.4 Å². The van der Waals surface area contributed by atoms with Crippen molar-refractivity contribution in [1.82, 2.24) is 0 Å². The van der Waals surface area contributed by atoms with E-state index in [1.54, 1.807) is 6.92 Å². The molecule has 0 radical (unpaired) electrons. The van der Waals surface area contributed by atoms with E-state index in [1.807, 2.05) is 0 Å². The van der Waals surface area contributed by atoms with E-state index in [4.69, 9.17) is 5.73 Å². The maximum atomic E-state index is 11.3. The zero-order chi connectivity index (χ0) is 9.41. The molecule has 0 aliphatic carbocycles. The molecule has 1 aliphatic heterocycles. The van der Waals surface area contributed by atoms with Gasteiger partial charge in [0.15, 0.2) is 9.84 Å². The lowest BCUT2D eigenvalue weighted by Crippen LogP contribution is -2.32. The van der Waals surface area contributed by atoms with Gasteiger partial charge in [0.1, 0.15) is 0 Å². The molecular weight excluding hydrogens is 178 g/mol. The van der Waals surface area contributed by atoms with Crippen LogP contribution in [0.1, 0.15) is 19.8 Å². The first-order chi connectivity index (χ1) is 5.40. The van der Waals surface area contributed by atoms with E-state index in [1.165, 1.54) is 0 Å². The fourth-order valence-corrected chi connectivity index (χ4v) is 3.54. The summed E-state index contributed by atoms with van der Waals surface area (Å²) >= 11 is 0. The third-order valence-electron chi connectivity index (χ3n) is 2.36. The summed E-state index contributed by atoms with van der Waals surface area (Å²) in [7, 11) is -3.06. The van der Waals surface area contributed by atoms with Gasteiger partial charge in [-0.15, -0.1) is 0 Å². The van der Waals surface area contributed by atoms with E-state index in [0.29, 0.717) is 19.4 Å². The second kappa shape index (κ2) is 2.97. The van der Waals surface area contributed by atoms with Crippen LogP contribution in [0, 0.1) is 0 Å². The number of rotatable bonds is 2. The predicted molar refractivity (Wildman–Crippen MR) is 46.5 cm³/mol. The van der Waals surface area contributed by atoms with E-state index in [2.05, 4.69) is 0 Å². The van der Waals surface area contributed by atoms with Crippen molar-refractivity contribution in [3.8, 4) is 0 Å². The Morgan fingerprint density at radius 2 is 2.25 bits per heavy atom. The molecule has 0 aromatic rings. The molecule has 72 valence electrons. The Balaban J connectivity index is 2.78. The van der Waals surface area contributed by atoms with Crippen LogP contribution in [0.5, 0.6) is 0 Å². The molecule has 0 spiro atoms. The van der Waals surface area contributed by atoms with Gasteiger partial charge >= 0.3 is 0 Å². The number of hydrogen-bond donors (Lipinski definition) is 2. The van der Waals surface area contributed by atoms with Gasteiger partial charge in [-0.05, 0) is 26.3 Å².